The zero-order valence-corrected chi connectivity index (χ0v) is 14.8. The SMILES string of the molecule is Oc1cc(-c2cn[nH]c2)ccc1-c1ccc(O[C@H]2CC3CC[C@H](C2)N3)nn1. The molecule has 0 radical (unpaired) electrons. The molecule has 0 saturated carbocycles. The summed E-state index contributed by atoms with van der Waals surface area (Å²) in [5.41, 5.74) is 3.06. The summed E-state index contributed by atoms with van der Waals surface area (Å²) < 4.78 is 6.04. The second-order valence-electron chi connectivity index (χ2n) is 7.32. The summed E-state index contributed by atoms with van der Waals surface area (Å²) in [4.78, 5) is 0. The molecule has 2 saturated heterocycles. The van der Waals surface area contributed by atoms with E-state index in [0.717, 1.165) is 24.0 Å². The number of phenols is 1. The Bertz CT molecular complexity index is 914. The quantitative estimate of drug-likeness (QED) is 0.660. The van der Waals surface area contributed by atoms with Crippen LogP contribution in [-0.4, -0.2) is 43.7 Å². The van der Waals surface area contributed by atoms with Gasteiger partial charge in [0.05, 0.1) is 11.9 Å². The molecule has 2 bridgehead atoms. The van der Waals surface area contributed by atoms with Gasteiger partial charge in [-0.2, -0.15) is 5.10 Å². The number of hydrogen-bond donors (Lipinski definition) is 3. The van der Waals surface area contributed by atoms with Crippen LogP contribution in [0.4, 0.5) is 0 Å². The van der Waals surface area contributed by atoms with Gasteiger partial charge in [0.25, 0.3) is 0 Å². The first kappa shape index (κ1) is 16.3. The summed E-state index contributed by atoms with van der Waals surface area (Å²) in [6.45, 7) is 0. The molecule has 4 heterocycles. The number of aromatic hydroxyl groups is 1. The van der Waals surface area contributed by atoms with E-state index in [2.05, 4.69) is 25.7 Å². The highest BCUT2D eigenvalue weighted by molar-refractivity contribution is 5.73. The maximum atomic E-state index is 10.4. The van der Waals surface area contributed by atoms with Crippen molar-refractivity contribution in [1.29, 1.82) is 0 Å². The van der Waals surface area contributed by atoms with Crippen molar-refractivity contribution < 1.29 is 9.84 Å². The molecular formula is C20H21N5O2. The Morgan fingerprint density at radius 1 is 1.00 bits per heavy atom. The molecule has 7 nitrogen and oxygen atoms in total. The van der Waals surface area contributed by atoms with Crippen LogP contribution in [-0.2, 0) is 0 Å². The molecule has 2 aliphatic rings. The van der Waals surface area contributed by atoms with E-state index in [9.17, 15) is 5.11 Å². The third-order valence-corrected chi connectivity index (χ3v) is 5.46. The number of fused-ring (bicyclic) bond motifs is 2. The average molecular weight is 363 g/mol. The van der Waals surface area contributed by atoms with Crippen LogP contribution in [0.5, 0.6) is 11.6 Å². The standard InChI is InChI=1S/C20H21N5O2/c26-19-7-12(13-10-21-22-11-13)1-4-17(19)18-5-6-20(25-24-18)27-16-8-14-2-3-15(9-16)23-14/h1,4-7,10-11,14-16,23,26H,2-3,8-9H2,(H,21,22)/t14-,15?,16-/m1/s1. The second kappa shape index (κ2) is 6.66. The molecule has 3 atom stereocenters. The van der Waals surface area contributed by atoms with Crippen molar-refractivity contribution in [3.05, 3.63) is 42.7 Å². The Kier molecular flexibility index (Phi) is 4.01. The first-order chi connectivity index (χ1) is 13.2. The lowest BCUT2D eigenvalue weighted by atomic mass is 10.0. The van der Waals surface area contributed by atoms with Gasteiger partial charge in [0.2, 0.25) is 5.88 Å². The van der Waals surface area contributed by atoms with Gasteiger partial charge in [-0.1, -0.05) is 6.07 Å². The molecule has 0 aliphatic carbocycles. The predicted octanol–water partition coefficient (Wildman–Crippen LogP) is 2.90. The van der Waals surface area contributed by atoms with Crippen LogP contribution in [0.2, 0.25) is 0 Å². The topological polar surface area (TPSA) is 96.0 Å². The van der Waals surface area contributed by atoms with Crippen LogP contribution in [0.1, 0.15) is 25.7 Å². The molecule has 3 N–H and O–H groups in total. The number of rotatable bonds is 4. The summed E-state index contributed by atoms with van der Waals surface area (Å²) in [6.07, 6.45) is 8.23. The number of piperidine rings is 1. The maximum absolute atomic E-state index is 10.4. The Balaban J connectivity index is 1.31. The molecule has 1 unspecified atom stereocenters. The van der Waals surface area contributed by atoms with Gasteiger partial charge in [-0.15, -0.1) is 10.2 Å². The maximum Gasteiger partial charge on any atom is 0.233 e. The third kappa shape index (κ3) is 3.26. The van der Waals surface area contributed by atoms with Gasteiger partial charge in [-0.05, 0) is 49.4 Å². The number of phenolic OH excluding ortho intramolecular Hbond substituents is 1. The Morgan fingerprint density at radius 2 is 1.85 bits per heavy atom. The number of ether oxygens (including phenoxy) is 1. The minimum atomic E-state index is 0.159. The third-order valence-electron chi connectivity index (χ3n) is 5.46. The first-order valence-corrected chi connectivity index (χ1v) is 9.33. The van der Waals surface area contributed by atoms with E-state index in [1.54, 1.807) is 18.5 Å². The molecule has 0 amide bonds. The number of nitrogens with one attached hydrogen (secondary N) is 2. The van der Waals surface area contributed by atoms with E-state index in [4.69, 9.17) is 4.74 Å². The highest BCUT2D eigenvalue weighted by atomic mass is 16.5. The number of aromatic nitrogens is 4. The largest absolute Gasteiger partial charge is 0.507 e. The Labute approximate surface area is 156 Å². The van der Waals surface area contributed by atoms with Crippen molar-refractivity contribution in [2.75, 3.05) is 0 Å². The molecular weight excluding hydrogens is 342 g/mol. The molecule has 27 heavy (non-hydrogen) atoms. The number of hydrogen-bond acceptors (Lipinski definition) is 6. The monoisotopic (exact) mass is 363 g/mol. The van der Waals surface area contributed by atoms with Crippen molar-refractivity contribution in [2.24, 2.45) is 0 Å². The van der Waals surface area contributed by atoms with Gasteiger partial charge in [0.1, 0.15) is 11.9 Å². The zero-order chi connectivity index (χ0) is 18.2. The van der Waals surface area contributed by atoms with Crippen LogP contribution < -0.4 is 10.1 Å². The molecule has 2 fully saturated rings. The first-order valence-electron chi connectivity index (χ1n) is 9.33. The van der Waals surface area contributed by atoms with Crippen molar-refractivity contribution in [2.45, 2.75) is 43.9 Å². The fourth-order valence-corrected chi connectivity index (χ4v) is 4.14. The number of aromatic amines is 1. The fraction of sp³-hybridized carbons (Fsp3) is 0.350. The van der Waals surface area contributed by atoms with Gasteiger partial charge in [0.15, 0.2) is 0 Å². The van der Waals surface area contributed by atoms with E-state index in [0.29, 0.717) is 29.2 Å². The van der Waals surface area contributed by atoms with Crippen LogP contribution in [0.15, 0.2) is 42.7 Å². The highest BCUT2D eigenvalue weighted by Crippen LogP contribution is 2.33. The molecule has 0 spiro atoms. The van der Waals surface area contributed by atoms with Gasteiger partial charge in [0, 0.05) is 35.5 Å². The average Bonchev–Trinajstić information content (AvgIpc) is 3.32. The van der Waals surface area contributed by atoms with Crippen LogP contribution in [0.25, 0.3) is 22.4 Å². The van der Waals surface area contributed by atoms with Gasteiger partial charge >= 0.3 is 0 Å². The van der Waals surface area contributed by atoms with Gasteiger partial charge in [-0.3, -0.25) is 5.10 Å². The highest BCUT2D eigenvalue weighted by Gasteiger charge is 2.34. The predicted molar refractivity (Wildman–Crippen MR) is 100 cm³/mol. The summed E-state index contributed by atoms with van der Waals surface area (Å²) in [5, 5.41) is 29.2. The zero-order valence-electron chi connectivity index (χ0n) is 14.8. The van der Waals surface area contributed by atoms with E-state index in [-0.39, 0.29) is 11.9 Å². The second-order valence-corrected chi connectivity index (χ2v) is 7.32. The number of nitrogens with zero attached hydrogens (tertiary/aromatic N) is 3. The number of benzene rings is 1. The Hall–Kier alpha value is -2.93. The summed E-state index contributed by atoms with van der Waals surface area (Å²) in [6, 6.07) is 10.3. The fourth-order valence-electron chi connectivity index (χ4n) is 4.14. The Morgan fingerprint density at radius 3 is 2.52 bits per heavy atom. The van der Waals surface area contributed by atoms with E-state index in [1.165, 1.54) is 12.8 Å². The lowest BCUT2D eigenvalue weighted by molar-refractivity contribution is 0.130. The molecule has 7 heteroatoms. The van der Waals surface area contributed by atoms with Crippen molar-refractivity contribution in [3.8, 4) is 34.0 Å². The van der Waals surface area contributed by atoms with E-state index in [1.807, 2.05) is 24.3 Å². The number of H-pyrrole nitrogens is 1. The van der Waals surface area contributed by atoms with Crippen molar-refractivity contribution in [3.63, 3.8) is 0 Å². The van der Waals surface area contributed by atoms with Crippen molar-refractivity contribution in [1.82, 2.24) is 25.7 Å². The normalized spacial score (nSPS) is 24.1. The lowest BCUT2D eigenvalue weighted by Gasteiger charge is -2.28. The van der Waals surface area contributed by atoms with Crippen LogP contribution >= 0.6 is 0 Å². The smallest absolute Gasteiger partial charge is 0.233 e. The summed E-state index contributed by atoms with van der Waals surface area (Å²) >= 11 is 0. The summed E-state index contributed by atoms with van der Waals surface area (Å²) in [5.74, 6) is 0.700. The minimum absolute atomic E-state index is 0.159. The van der Waals surface area contributed by atoms with Crippen molar-refractivity contribution >= 4 is 0 Å². The van der Waals surface area contributed by atoms with Crippen LogP contribution in [0.3, 0.4) is 0 Å². The lowest BCUT2D eigenvalue weighted by Crippen LogP contribution is -2.42. The molecule has 1 aromatic carbocycles. The van der Waals surface area contributed by atoms with Crippen LogP contribution in [0, 0.1) is 0 Å². The summed E-state index contributed by atoms with van der Waals surface area (Å²) in [7, 11) is 0. The molecule has 5 rings (SSSR count). The van der Waals surface area contributed by atoms with Gasteiger partial charge in [-0.25, -0.2) is 0 Å². The minimum Gasteiger partial charge on any atom is -0.507 e. The molecule has 138 valence electrons. The van der Waals surface area contributed by atoms with Gasteiger partial charge < -0.3 is 15.2 Å². The molecule has 2 aliphatic heterocycles. The van der Waals surface area contributed by atoms with E-state index < -0.39 is 0 Å². The molecule has 3 aromatic rings. The molecule has 2 aromatic heterocycles. The van der Waals surface area contributed by atoms with E-state index >= 15 is 0 Å².